The Morgan fingerprint density at radius 1 is 1.42 bits per heavy atom. The Bertz CT molecular complexity index is 858. The first-order valence-electron chi connectivity index (χ1n) is 7.73. The van der Waals surface area contributed by atoms with E-state index in [1.807, 2.05) is 0 Å². The standard InChI is InChI=1S/C15H15FN6OS/c1-8-6-11-12(7-10(8)16)24-15(17-11)18-14(23)9-2-3-13-19-20-21-22(13)5-4-9/h6-7,9H,2-5H2,1H3,(H,17,18,23). The fraction of sp³-hybridized carbons (Fsp3) is 0.400. The zero-order valence-corrected chi connectivity index (χ0v) is 13.8. The number of nitrogens with one attached hydrogen (secondary N) is 1. The second-order valence-corrected chi connectivity index (χ2v) is 6.95. The number of aryl methyl sites for hydroxylation is 3. The number of amides is 1. The zero-order chi connectivity index (χ0) is 16.7. The summed E-state index contributed by atoms with van der Waals surface area (Å²) in [4.78, 5) is 16.9. The highest BCUT2D eigenvalue weighted by Gasteiger charge is 2.24. The van der Waals surface area contributed by atoms with Crippen molar-refractivity contribution in [2.75, 3.05) is 5.32 Å². The summed E-state index contributed by atoms with van der Waals surface area (Å²) >= 11 is 1.28. The van der Waals surface area contributed by atoms with Crippen molar-refractivity contribution in [2.24, 2.45) is 5.92 Å². The Morgan fingerprint density at radius 2 is 2.29 bits per heavy atom. The average Bonchev–Trinajstić information content (AvgIpc) is 3.09. The number of fused-ring (bicyclic) bond motifs is 2. The number of aromatic nitrogens is 5. The molecular formula is C15H15FN6OS. The monoisotopic (exact) mass is 346 g/mol. The zero-order valence-electron chi connectivity index (χ0n) is 13.0. The maximum Gasteiger partial charge on any atom is 0.229 e. The Balaban J connectivity index is 1.49. The maximum absolute atomic E-state index is 13.6. The molecule has 0 saturated heterocycles. The number of carbonyl (C=O) groups excluding carboxylic acids is 1. The third-order valence-electron chi connectivity index (χ3n) is 4.28. The number of tetrazole rings is 1. The molecule has 1 aromatic carbocycles. The van der Waals surface area contributed by atoms with Crippen LogP contribution in [0.5, 0.6) is 0 Å². The van der Waals surface area contributed by atoms with Gasteiger partial charge in [-0.05, 0) is 47.9 Å². The van der Waals surface area contributed by atoms with E-state index < -0.39 is 0 Å². The summed E-state index contributed by atoms with van der Waals surface area (Å²) in [6, 6.07) is 3.15. The molecule has 0 fully saturated rings. The number of hydrogen-bond acceptors (Lipinski definition) is 6. The van der Waals surface area contributed by atoms with Crippen LogP contribution in [-0.4, -0.2) is 31.1 Å². The van der Waals surface area contributed by atoms with Crippen LogP contribution in [0.15, 0.2) is 12.1 Å². The van der Waals surface area contributed by atoms with Gasteiger partial charge in [-0.3, -0.25) is 4.79 Å². The van der Waals surface area contributed by atoms with Crippen molar-refractivity contribution < 1.29 is 9.18 Å². The van der Waals surface area contributed by atoms with Crippen molar-refractivity contribution >= 4 is 32.6 Å². The number of halogens is 1. The predicted octanol–water partition coefficient (Wildman–Crippen LogP) is 2.32. The lowest BCUT2D eigenvalue weighted by atomic mass is 10.00. The quantitative estimate of drug-likeness (QED) is 0.770. The normalized spacial score (nSPS) is 17.5. The molecule has 1 amide bonds. The molecule has 3 aromatic rings. The van der Waals surface area contributed by atoms with Gasteiger partial charge in [0, 0.05) is 18.9 Å². The van der Waals surface area contributed by atoms with Crippen LogP contribution in [0.3, 0.4) is 0 Å². The second-order valence-electron chi connectivity index (χ2n) is 5.92. The minimum absolute atomic E-state index is 0.0648. The van der Waals surface area contributed by atoms with Gasteiger partial charge in [-0.25, -0.2) is 14.1 Å². The van der Waals surface area contributed by atoms with E-state index in [0.29, 0.717) is 42.0 Å². The number of hydrogen-bond donors (Lipinski definition) is 1. The SMILES string of the molecule is Cc1cc2nc(NC(=O)C3CCc4nnnn4CC3)sc2cc1F. The molecular weight excluding hydrogens is 331 g/mol. The number of thiazole rings is 1. The van der Waals surface area contributed by atoms with E-state index in [0.717, 1.165) is 10.5 Å². The molecule has 1 N–H and O–H groups in total. The summed E-state index contributed by atoms with van der Waals surface area (Å²) in [5.41, 5.74) is 1.25. The lowest BCUT2D eigenvalue weighted by molar-refractivity contribution is -0.120. The van der Waals surface area contributed by atoms with Crippen LogP contribution >= 0.6 is 11.3 Å². The molecule has 7 nitrogen and oxygen atoms in total. The summed E-state index contributed by atoms with van der Waals surface area (Å²) < 4.78 is 16.1. The Morgan fingerprint density at radius 3 is 3.17 bits per heavy atom. The van der Waals surface area contributed by atoms with Gasteiger partial charge in [-0.1, -0.05) is 11.3 Å². The first-order chi connectivity index (χ1) is 11.6. The Hall–Kier alpha value is -2.42. The van der Waals surface area contributed by atoms with Gasteiger partial charge in [-0.15, -0.1) is 5.10 Å². The van der Waals surface area contributed by atoms with E-state index in [-0.39, 0.29) is 17.6 Å². The summed E-state index contributed by atoms with van der Waals surface area (Å²) in [6.45, 7) is 2.33. The first kappa shape index (κ1) is 15.1. The van der Waals surface area contributed by atoms with Gasteiger partial charge in [0.15, 0.2) is 11.0 Å². The highest BCUT2D eigenvalue weighted by atomic mass is 32.1. The third kappa shape index (κ3) is 2.75. The molecule has 24 heavy (non-hydrogen) atoms. The van der Waals surface area contributed by atoms with Crippen molar-refractivity contribution in [3.63, 3.8) is 0 Å². The van der Waals surface area contributed by atoms with Gasteiger partial charge in [0.2, 0.25) is 5.91 Å². The fourth-order valence-electron chi connectivity index (χ4n) is 2.88. The summed E-state index contributed by atoms with van der Waals surface area (Å²) in [5.74, 6) is 0.364. The minimum Gasteiger partial charge on any atom is -0.302 e. The molecule has 1 aliphatic rings. The summed E-state index contributed by atoms with van der Waals surface area (Å²) in [6.07, 6.45) is 2.06. The molecule has 0 saturated carbocycles. The van der Waals surface area contributed by atoms with Crippen molar-refractivity contribution in [2.45, 2.75) is 32.7 Å². The van der Waals surface area contributed by atoms with Gasteiger partial charge < -0.3 is 5.32 Å². The van der Waals surface area contributed by atoms with E-state index in [1.54, 1.807) is 17.7 Å². The van der Waals surface area contributed by atoms with Crippen LogP contribution < -0.4 is 5.32 Å². The molecule has 4 rings (SSSR count). The fourth-order valence-corrected chi connectivity index (χ4v) is 3.75. The molecule has 124 valence electrons. The molecule has 0 spiro atoms. The number of nitrogens with zero attached hydrogens (tertiary/aromatic N) is 5. The summed E-state index contributed by atoms with van der Waals surface area (Å²) in [5, 5.41) is 14.9. The molecule has 3 heterocycles. The van der Waals surface area contributed by atoms with Crippen LogP contribution in [-0.2, 0) is 17.8 Å². The van der Waals surface area contributed by atoms with E-state index in [2.05, 4.69) is 25.8 Å². The van der Waals surface area contributed by atoms with E-state index >= 15 is 0 Å². The third-order valence-corrected chi connectivity index (χ3v) is 5.22. The molecule has 1 unspecified atom stereocenters. The molecule has 2 aromatic heterocycles. The van der Waals surface area contributed by atoms with Gasteiger partial charge in [0.1, 0.15) is 5.82 Å². The number of carbonyl (C=O) groups is 1. The largest absolute Gasteiger partial charge is 0.302 e. The first-order valence-corrected chi connectivity index (χ1v) is 8.54. The van der Waals surface area contributed by atoms with Crippen LogP contribution in [0.1, 0.15) is 24.2 Å². The molecule has 1 atom stereocenters. The molecule has 0 radical (unpaired) electrons. The van der Waals surface area contributed by atoms with Crippen molar-refractivity contribution in [3.8, 4) is 0 Å². The van der Waals surface area contributed by atoms with Gasteiger partial charge in [0.05, 0.1) is 10.2 Å². The van der Waals surface area contributed by atoms with Crippen LogP contribution in [0.4, 0.5) is 9.52 Å². The highest BCUT2D eigenvalue weighted by molar-refractivity contribution is 7.22. The molecule has 0 bridgehead atoms. The maximum atomic E-state index is 13.6. The van der Waals surface area contributed by atoms with Crippen LogP contribution in [0.2, 0.25) is 0 Å². The van der Waals surface area contributed by atoms with Gasteiger partial charge >= 0.3 is 0 Å². The van der Waals surface area contributed by atoms with Crippen LogP contribution in [0, 0.1) is 18.7 Å². The molecule has 0 aliphatic carbocycles. The van der Waals surface area contributed by atoms with E-state index in [4.69, 9.17) is 0 Å². The Kier molecular flexibility index (Phi) is 3.72. The van der Waals surface area contributed by atoms with Gasteiger partial charge in [-0.2, -0.15) is 0 Å². The van der Waals surface area contributed by atoms with Crippen molar-refractivity contribution in [3.05, 3.63) is 29.3 Å². The van der Waals surface area contributed by atoms with Crippen molar-refractivity contribution in [1.29, 1.82) is 0 Å². The second kappa shape index (κ2) is 5.90. The summed E-state index contributed by atoms with van der Waals surface area (Å²) in [7, 11) is 0. The van der Waals surface area contributed by atoms with E-state index in [1.165, 1.54) is 17.4 Å². The van der Waals surface area contributed by atoms with Crippen LogP contribution in [0.25, 0.3) is 10.2 Å². The average molecular weight is 346 g/mol. The topological polar surface area (TPSA) is 85.6 Å². The lowest BCUT2D eigenvalue weighted by Crippen LogP contribution is -2.23. The Labute approximate surface area is 140 Å². The number of rotatable bonds is 2. The predicted molar refractivity (Wildman–Crippen MR) is 87.2 cm³/mol. The number of anilines is 1. The number of benzene rings is 1. The molecule has 1 aliphatic heterocycles. The smallest absolute Gasteiger partial charge is 0.229 e. The van der Waals surface area contributed by atoms with Gasteiger partial charge in [0.25, 0.3) is 0 Å². The van der Waals surface area contributed by atoms with E-state index in [9.17, 15) is 9.18 Å². The molecule has 9 heteroatoms. The lowest BCUT2D eigenvalue weighted by Gasteiger charge is -2.11. The minimum atomic E-state index is -0.261. The van der Waals surface area contributed by atoms with Crippen molar-refractivity contribution in [1.82, 2.24) is 25.2 Å². The highest BCUT2D eigenvalue weighted by Crippen LogP contribution is 2.29.